The van der Waals surface area contributed by atoms with Gasteiger partial charge in [0.25, 0.3) is 0 Å². The maximum atomic E-state index is 2.41. The zero-order valence-corrected chi connectivity index (χ0v) is 11.3. The Morgan fingerprint density at radius 3 is 1.75 bits per heavy atom. The highest BCUT2D eigenvalue weighted by molar-refractivity contribution is 4.98. The van der Waals surface area contributed by atoms with Gasteiger partial charge in [0.2, 0.25) is 0 Å². The van der Waals surface area contributed by atoms with Crippen LogP contribution in [0.25, 0.3) is 0 Å². The number of hydrogen-bond acceptors (Lipinski definition) is 0. The predicted molar refractivity (Wildman–Crippen MR) is 69.2 cm³/mol. The van der Waals surface area contributed by atoms with Crippen LogP contribution in [-0.2, 0) is 0 Å². The first-order valence-corrected chi connectivity index (χ1v) is 7.51. The number of hydrogen-bond donors (Lipinski definition) is 0. The summed E-state index contributed by atoms with van der Waals surface area (Å²) in [5, 5.41) is 0. The third kappa shape index (κ3) is 2.05. The SMILES string of the molecule is CC(C)(C)CCC1C2CC3CC(C2)CC1C3. The summed E-state index contributed by atoms with van der Waals surface area (Å²) in [5.41, 5.74) is 0.550. The van der Waals surface area contributed by atoms with Crippen molar-refractivity contribution in [2.75, 3.05) is 0 Å². The van der Waals surface area contributed by atoms with E-state index in [1.807, 2.05) is 0 Å². The first kappa shape index (κ1) is 11.1. The molecule has 0 unspecified atom stereocenters. The van der Waals surface area contributed by atoms with Crippen molar-refractivity contribution in [3.8, 4) is 0 Å². The van der Waals surface area contributed by atoms with E-state index in [0.717, 1.165) is 29.6 Å². The standard InChI is InChI=1S/C16H28/c1-16(2,3)5-4-15-13-7-11-6-12(9-13)10-14(15)8-11/h11-15H,4-10H2,1-3H3. The van der Waals surface area contributed by atoms with Gasteiger partial charge in [0.05, 0.1) is 0 Å². The molecule has 0 amide bonds. The van der Waals surface area contributed by atoms with Crippen LogP contribution in [0.2, 0.25) is 0 Å². The molecule has 0 N–H and O–H groups in total. The van der Waals surface area contributed by atoms with E-state index in [0.29, 0.717) is 5.41 Å². The fourth-order valence-electron chi connectivity index (χ4n) is 5.11. The summed E-state index contributed by atoms with van der Waals surface area (Å²) in [5.74, 6) is 5.69. The molecule has 0 aromatic carbocycles. The maximum absolute atomic E-state index is 2.41. The minimum Gasteiger partial charge on any atom is -0.0602 e. The minimum atomic E-state index is 0.550. The Morgan fingerprint density at radius 1 is 0.812 bits per heavy atom. The lowest BCUT2D eigenvalue weighted by Crippen LogP contribution is -2.45. The monoisotopic (exact) mass is 220 g/mol. The molecule has 0 nitrogen and oxygen atoms in total. The second-order valence-corrected chi connectivity index (χ2v) is 8.19. The summed E-state index contributed by atoms with van der Waals surface area (Å²) in [6.45, 7) is 7.22. The first-order valence-electron chi connectivity index (χ1n) is 7.51. The second kappa shape index (κ2) is 3.75. The lowest BCUT2D eigenvalue weighted by Gasteiger charge is -2.55. The van der Waals surface area contributed by atoms with Crippen LogP contribution < -0.4 is 0 Å². The van der Waals surface area contributed by atoms with Crippen molar-refractivity contribution in [2.45, 2.75) is 65.7 Å². The molecule has 0 aromatic heterocycles. The molecule has 92 valence electrons. The molecule has 4 bridgehead atoms. The maximum Gasteiger partial charge on any atom is -0.0357 e. The molecule has 4 saturated carbocycles. The van der Waals surface area contributed by atoms with E-state index in [9.17, 15) is 0 Å². The van der Waals surface area contributed by atoms with Crippen LogP contribution in [0.3, 0.4) is 0 Å². The van der Waals surface area contributed by atoms with Crippen LogP contribution >= 0.6 is 0 Å². The smallest absolute Gasteiger partial charge is 0.0357 e. The van der Waals surface area contributed by atoms with E-state index in [1.54, 1.807) is 32.1 Å². The average Bonchev–Trinajstić information content (AvgIpc) is 2.13. The van der Waals surface area contributed by atoms with E-state index in [1.165, 1.54) is 12.8 Å². The van der Waals surface area contributed by atoms with Gasteiger partial charge < -0.3 is 0 Å². The Kier molecular flexibility index (Phi) is 2.60. The third-order valence-corrected chi connectivity index (χ3v) is 5.65. The van der Waals surface area contributed by atoms with Gasteiger partial charge in [0, 0.05) is 0 Å². The Bertz CT molecular complexity index is 230. The largest absolute Gasteiger partial charge is 0.0602 e. The van der Waals surface area contributed by atoms with Crippen LogP contribution in [0.4, 0.5) is 0 Å². The topological polar surface area (TPSA) is 0 Å². The molecule has 4 aliphatic rings. The van der Waals surface area contributed by atoms with Gasteiger partial charge in [-0.1, -0.05) is 20.8 Å². The van der Waals surface area contributed by atoms with E-state index in [4.69, 9.17) is 0 Å². The average molecular weight is 220 g/mol. The normalized spacial score (nSPS) is 46.3. The van der Waals surface area contributed by atoms with Crippen LogP contribution in [0.1, 0.15) is 65.7 Å². The van der Waals surface area contributed by atoms with Crippen molar-refractivity contribution in [1.82, 2.24) is 0 Å². The van der Waals surface area contributed by atoms with E-state index < -0.39 is 0 Å². The Morgan fingerprint density at radius 2 is 1.31 bits per heavy atom. The Labute approximate surface area is 101 Å². The summed E-state index contributed by atoms with van der Waals surface area (Å²) >= 11 is 0. The van der Waals surface area contributed by atoms with Crippen LogP contribution in [0.5, 0.6) is 0 Å². The molecule has 0 atom stereocenters. The van der Waals surface area contributed by atoms with Crippen LogP contribution in [0.15, 0.2) is 0 Å². The van der Waals surface area contributed by atoms with Gasteiger partial charge in [0.1, 0.15) is 0 Å². The molecule has 0 saturated heterocycles. The molecule has 0 spiro atoms. The van der Waals surface area contributed by atoms with Crippen LogP contribution in [0, 0.1) is 35.0 Å². The summed E-state index contributed by atoms with van der Waals surface area (Å²) < 4.78 is 0. The van der Waals surface area contributed by atoms with Gasteiger partial charge in [-0.3, -0.25) is 0 Å². The summed E-state index contributed by atoms with van der Waals surface area (Å²) in [6, 6.07) is 0. The summed E-state index contributed by atoms with van der Waals surface area (Å²) in [6.07, 6.45) is 11.0. The molecule has 0 heteroatoms. The van der Waals surface area contributed by atoms with E-state index in [-0.39, 0.29) is 0 Å². The highest BCUT2D eigenvalue weighted by Gasteiger charge is 2.47. The molecule has 0 aliphatic heterocycles. The van der Waals surface area contributed by atoms with Crippen molar-refractivity contribution >= 4 is 0 Å². The summed E-state index contributed by atoms with van der Waals surface area (Å²) in [7, 11) is 0. The molecule has 4 fully saturated rings. The summed E-state index contributed by atoms with van der Waals surface area (Å²) in [4.78, 5) is 0. The molecule has 16 heavy (non-hydrogen) atoms. The van der Waals surface area contributed by atoms with Gasteiger partial charge in [-0.2, -0.15) is 0 Å². The molecule has 0 radical (unpaired) electrons. The zero-order valence-electron chi connectivity index (χ0n) is 11.3. The quantitative estimate of drug-likeness (QED) is 0.622. The van der Waals surface area contributed by atoms with Crippen molar-refractivity contribution < 1.29 is 0 Å². The van der Waals surface area contributed by atoms with Crippen molar-refractivity contribution in [2.24, 2.45) is 35.0 Å². The highest BCUT2D eigenvalue weighted by Crippen LogP contribution is 2.57. The third-order valence-electron chi connectivity index (χ3n) is 5.65. The lowest BCUT2D eigenvalue weighted by molar-refractivity contribution is -0.0430. The van der Waals surface area contributed by atoms with Crippen LogP contribution in [-0.4, -0.2) is 0 Å². The van der Waals surface area contributed by atoms with Crippen molar-refractivity contribution in [3.05, 3.63) is 0 Å². The van der Waals surface area contributed by atoms with Crippen molar-refractivity contribution in [3.63, 3.8) is 0 Å². The fourth-order valence-corrected chi connectivity index (χ4v) is 5.11. The van der Waals surface area contributed by atoms with E-state index in [2.05, 4.69) is 20.8 Å². The van der Waals surface area contributed by atoms with Gasteiger partial charge in [-0.15, -0.1) is 0 Å². The van der Waals surface area contributed by atoms with Gasteiger partial charge in [0.15, 0.2) is 0 Å². The van der Waals surface area contributed by atoms with Gasteiger partial charge in [-0.25, -0.2) is 0 Å². The molecule has 0 heterocycles. The van der Waals surface area contributed by atoms with Gasteiger partial charge in [-0.05, 0) is 80.0 Å². The molecule has 0 aromatic rings. The molecular formula is C16H28. The highest BCUT2D eigenvalue weighted by atomic mass is 14.5. The molecule has 4 aliphatic carbocycles. The van der Waals surface area contributed by atoms with E-state index >= 15 is 0 Å². The minimum absolute atomic E-state index is 0.550. The van der Waals surface area contributed by atoms with Crippen molar-refractivity contribution in [1.29, 1.82) is 0 Å². The lowest BCUT2D eigenvalue weighted by atomic mass is 9.51. The first-order chi connectivity index (χ1) is 7.51. The van der Waals surface area contributed by atoms with Gasteiger partial charge >= 0.3 is 0 Å². The Hall–Kier alpha value is 0. The molecule has 4 rings (SSSR count). The fraction of sp³-hybridized carbons (Fsp3) is 1.00. The number of rotatable bonds is 2. The Balaban J connectivity index is 1.64. The molecular weight excluding hydrogens is 192 g/mol. The predicted octanol–water partition coefficient (Wildman–Crippen LogP) is 4.89. The zero-order chi connectivity index (χ0) is 11.3. The second-order valence-electron chi connectivity index (χ2n) is 8.19.